The van der Waals surface area contributed by atoms with Gasteiger partial charge in [-0.3, -0.25) is 4.79 Å². The van der Waals surface area contributed by atoms with E-state index in [4.69, 9.17) is 11.6 Å². The van der Waals surface area contributed by atoms with Gasteiger partial charge >= 0.3 is 5.97 Å². The number of nitrogens with one attached hydrogen (secondary N) is 1. The first-order valence-corrected chi connectivity index (χ1v) is 10.7. The van der Waals surface area contributed by atoms with E-state index in [1.807, 2.05) is 5.38 Å². The Morgan fingerprint density at radius 1 is 1.30 bits per heavy atom. The van der Waals surface area contributed by atoms with Crippen LogP contribution >= 0.6 is 47.1 Å². The quantitative estimate of drug-likeness (QED) is 0.408. The fourth-order valence-electron chi connectivity index (χ4n) is 2.26. The maximum Gasteiger partial charge on any atom is 0.319 e. The molecule has 0 saturated heterocycles. The van der Waals surface area contributed by atoms with Crippen LogP contribution in [0.5, 0.6) is 0 Å². The number of hydrogen-bond donors (Lipinski definition) is 2. The largest absolute Gasteiger partial charge is 0.480 e. The van der Waals surface area contributed by atoms with Crippen molar-refractivity contribution in [3.8, 4) is 11.1 Å². The van der Waals surface area contributed by atoms with Crippen molar-refractivity contribution in [2.24, 2.45) is 0 Å². The Hall–Kier alpha value is -1.94. The zero-order valence-corrected chi connectivity index (χ0v) is 19.3. The van der Waals surface area contributed by atoms with Crippen LogP contribution in [0.3, 0.4) is 0 Å². The molecule has 0 saturated carbocycles. The van der Waals surface area contributed by atoms with Crippen LogP contribution in [0.1, 0.15) is 19.5 Å². The van der Waals surface area contributed by atoms with Crippen molar-refractivity contribution >= 4 is 59.0 Å². The highest BCUT2D eigenvalue weighted by Crippen LogP contribution is 2.34. The lowest BCUT2D eigenvalue weighted by molar-refractivity contribution is -0.138. The molecule has 6 nitrogen and oxygen atoms in total. The molecule has 3 aromatic rings. The number of thioether (sulfide) groups is 1. The monoisotopic (exact) mass is 488 g/mol. The average Bonchev–Trinajstić information content (AvgIpc) is 3.11. The second-order valence-corrected chi connectivity index (χ2v) is 9.76. The summed E-state index contributed by atoms with van der Waals surface area (Å²) in [5.41, 5.74) is 2.35. The fourth-order valence-corrected chi connectivity index (χ4v) is 4.66. The molecule has 3 rings (SSSR count). The summed E-state index contributed by atoms with van der Waals surface area (Å²) in [6.07, 6.45) is 3.94. The van der Waals surface area contributed by atoms with Crippen LogP contribution in [0, 0.1) is 5.82 Å². The number of carbonyl (C=O) groups is 1. The molecular weight excluding hydrogens is 470 g/mol. The molecule has 0 aliphatic rings. The minimum atomic E-state index is -0.919. The first-order valence-electron chi connectivity index (χ1n) is 8.63. The third kappa shape index (κ3) is 6.28. The van der Waals surface area contributed by atoms with Gasteiger partial charge in [0.25, 0.3) is 0 Å². The topological polar surface area (TPSA) is 88.0 Å². The number of anilines is 1. The summed E-state index contributed by atoms with van der Waals surface area (Å²) in [7, 11) is 0. The van der Waals surface area contributed by atoms with E-state index in [-0.39, 0.29) is 17.4 Å². The number of rotatable bonds is 8. The number of halogens is 3. The van der Waals surface area contributed by atoms with Crippen molar-refractivity contribution < 1.29 is 14.3 Å². The Morgan fingerprint density at radius 2 is 2.00 bits per heavy atom. The fraction of sp³-hybridized carbons (Fsp3) is 0.263. The van der Waals surface area contributed by atoms with Crippen molar-refractivity contribution in [2.75, 3.05) is 11.9 Å². The van der Waals surface area contributed by atoms with Crippen LogP contribution in [0.2, 0.25) is 5.02 Å². The van der Waals surface area contributed by atoms with Gasteiger partial charge in [-0.15, -0.1) is 23.7 Å². The van der Waals surface area contributed by atoms with E-state index in [0.29, 0.717) is 18.9 Å². The summed E-state index contributed by atoms with van der Waals surface area (Å²) in [4.78, 5) is 24.2. The lowest BCUT2D eigenvalue weighted by Gasteiger charge is -2.15. The normalized spacial score (nSPS) is 11.1. The average molecular weight is 489 g/mol. The highest BCUT2D eigenvalue weighted by atomic mass is 35.5. The molecule has 160 valence electrons. The number of nitrogens with zero attached hydrogens (tertiary/aromatic N) is 3. The maximum atomic E-state index is 13.3. The molecule has 2 heterocycles. The second kappa shape index (κ2) is 10.4. The van der Waals surface area contributed by atoms with E-state index in [9.17, 15) is 14.3 Å². The summed E-state index contributed by atoms with van der Waals surface area (Å²) in [6.45, 7) is 3.89. The third-order valence-electron chi connectivity index (χ3n) is 3.96. The Balaban J connectivity index is 0.00000320. The van der Waals surface area contributed by atoms with Gasteiger partial charge in [-0.2, -0.15) is 0 Å². The van der Waals surface area contributed by atoms with E-state index >= 15 is 0 Å². The summed E-state index contributed by atoms with van der Waals surface area (Å²) in [5.74, 6) is -0.868. The van der Waals surface area contributed by atoms with Crippen molar-refractivity contribution in [1.29, 1.82) is 0 Å². The predicted octanol–water partition coefficient (Wildman–Crippen LogP) is 5.42. The van der Waals surface area contributed by atoms with Gasteiger partial charge in [-0.1, -0.05) is 29.4 Å². The van der Waals surface area contributed by atoms with Gasteiger partial charge in [0.2, 0.25) is 5.95 Å². The molecule has 2 aromatic heterocycles. The number of benzene rings is 1. The van der Waals surface area contributed by atoms with Crippen molar-refractivity contribution in [1.82, 2.24) is 15.0 Å². The summed E-state index contributed by atoms with van der Waals surface area (Å²) < 4.78 is 13.1. The van der Waals surface area contributed by atoms with Crippen molar-refractivity contribution in [2.45, 2.75) is 29.4 Å². The second-order valence-electron chi connectivity index (χ2n) is 6.62. The SMILES string of the molecule is CC(C)(Sc1nc(CCNc2ncc(-c3ccc(F)c(Cl)c3)cn2)cs1)C(=O)O.Cl. The molecule has 0 aliphatic carbocycles. The molecular formula is C19H19Cl2FN4O2S2. The van der Waals surface area contributed by atoms with Gasteiger partial charge in [-0.05, 0) is 31.5 Å². The Labute approximate surface area is 192 Å². The van der Waals surface area contributed by atoms with E-state index < -0.39 is 16.5 Å². The maximum absolute atomic E-state index is 13.3. The first-order chi connectivity index (χ1) is 13.7. The van der Waals surface area contributed by atoms with Crippen LogP contribution in [-0.4, -0.2) is 37.3 Å². The first kappa shape index (κ1) is 24.3. The molecule has 0 radical (unpaired) electrons. The van der Waals surface area contributed by atoms with Gasteiger partial charge < -0.3 is 10.4 Å². The smallest absolute Gasteiger partial charge is 0.319 e. The third-order valence-corrected chi connectivity index (χ3v) is 6.42. The molecule has 0 spiro atoms. The molecule has 0 aliphatic heterocycles. The number of hydrogen-bond acceptors (Lipinski definition) is 7. The summed E-state index contributed by atoms with van der Waals surface area (Å²) in [5, 5.41) is 14.3. The molecule has 0 unspecified atom stereocenters. The molecule has 2 N–H and O–H groups in total. The number of carboxylic acids is 1. The zero-order chi connectivity index (χ0) is 21.0. The molecule has 11 heteroatoms. The van der Waals surface area contributed by atoms with Gasteiger partial charge in [0, 0.05) is 36.3 Å². The van der Waals surface area contributed by atoms with Crippen LogP contribution in [-0.2, 0) is 11.2 Å². The molecule has 0 bridgehead atoms. The predicted molar refractivity (Wildman–Crippen MR) is 122 cm³/mol. The van der Waals surface area contributed by atoms with Crippen LogP contribution in [0.15, 0.2) is 40.3 Å². The Kier molecular flexibility index (Phi) is 8.42. The van der Waals surface area contributed by atoms with Crippen molar-refractivity contribution in [3.63, 3.8) is 0 Å². The zero-order valence-electron chi connectivity index (χ0n) is 16.1. The molecule has 30 heavy (non-hydrogen) atoms. The van der Waals surface area contributed by atoms with Crippen LogP contribution in [0.25, 0.3) is 11.1 Å². The standard InChI is InChI=1S/C19H18ClFN4O2S2.ClH/c1-19(2,16(26)27)29-18-25-13(10-28-18)5-6-22-17-23-8-12(9-24-17)11-3-4-15(21)14(20)7-11;/h3-4,7-10H,5-6H2,1-2H3,(H,26,27)(H,22,23,24);1H. The Bertz CT molecular complexity index is 1020. The number of aromatic nitrogens is 3. The molecule has 0 fully saturated rings. The highest BCUT2D eigenvalue weighted by molar-refractivity contribution is 8.02. The van der Waals surface area contributed by atoms with Gasteiger partial charge in [-0.25, -0.2) is 19.3 Å². The summed E-state index contributed by atoms with van der Waals surface area (Å²) >= 11 is 8.48. The molecule has 0 amide bonds. The van der Waals surface area contributed by atoms with Gasteiger partial charge in [0.1, 0.15) is 10.6 Å². The van der Waals surface area contributed by atoms with Crippen LogP contribution in [0.4, 0.5) is 10.3 Å². The number of carboxylic acid groups (broad SMARTS) is 1. The van der Waals surface area contributed by atoms with E-state index in [0.717, 1.165) is 21.2 Å². The number of aliphatic carboxylic acids is 1. The van der Waals surface area contributed by atoms with Gasteiger partial charge in [0.05, 0.1) is 10.7 Å². The lowest BCUT2D eigenvalue weighted by atomic mass is 10.1. The highest BCUT2D eigenvalue weighted by Gasteiger charge is 2.29. The van der Waals surface area contributed by atoms with Crippen molar-refractivity contribution in [3.05, 3.63) is 52.5 Å². The van der Waals surface area contributed by atoms with Crippen LogP contribution < -0.4 is 5.32 Å². The molecule has 1 aromatic carbocycles. The van der Waals surface area contributed by atoms with E-state index in [1.165, 1.54) is 35.2 Å². The van der Waals surface area contributed by atoms with Gasteiger partial charge in [0.15, 0.2) is 4.34 Å². The minimum Gasteiger partial charge on any atom is -0.480 e. The van der Waals surface area contributed by atoms with E-state index in [2.05, 4.69) is 20.3 Å². The lowest BCUT2D eigenvalue weighted by Crippen LogP contribution is -2.26. The van der Waals surface area contributed by atoms with E-state index in [1.54, 1.807) is 32.3 Å². The minimum absolute atomic E-state index is 0. The summed E-state index contributed by atoms with van der Waals surface area (Å²) in [6, 6.07) is 4.46. The molecule has 0 atom stereocenters. The number of thiazole rings is 1. The Morgan fingerprint density at radius 3 is 2.63 bits per heavy atom.